The average Bonchev–Trinajstić information content (AvgIpc) is 2.62. The number of amides is 2. The van der Waals surface area contributed by atoms with Crippen LogP contribution in [0.2, 0.25) is 0 Å². The Bertz CT molecular complexity index is 834. The van der Waals surface area contributed by atoms with Crippen molar-refractivity contribution in [3.8, 4) is 11.5 Å². The molecule has 5 nitrogen and oxygen atoms in total. The third-order valence-electron chi connectivity index (χ3n) is 5.17. The van der Waals surface area contributed by atoms with Crippen LogP contribution in [0, 0.1) is 0 Å². The smallest absolute Gasteiger partial charge is 0.325 e. The molecule has 0 unspecified atom stereocenters. The Morgan fingerprint density at radius 2 is 2.00 bits per heavy atom. The monoisotopic (exact) mass is 352 g/mol. The minimum absolute atomic E-state index is 0.0807. The van der Waals surface area contributed by atoms with E-state index < -0.39 is 5.72 Å². The highest BCUT2D eigenvalue weighted by molar-refractivity contribution is 5.95. The van der Waals surface area contributed by atoms with Gasteiger partial charge in [-0.25, -0.2) is 4.79 Å². The molecule has 136 valence electrons. The molecule has 2 amide bonds. The van der Waals surface area contributed by atoms with E-state index in [1.165, 1.54) is 5.56 Å². The fourth-order valence-corrected chi connectivity index (χ4v) is 3.90. The summed E-state index contributed by atoms with van der Waals surface area (Å²) in [4.78, 5) is 14.6. The van der Waals surface area contributed by atoms with Crippen LogP contribution >= 0.6 is 0 Å². The minimum atomic E-state index is -0.763. The molecule has 2 aromatic rings. The summed E-state index contributed by atoms with van der Waals surface area (Å²) in [6.07, 6.45) is 1.64. The van der Waals surface area contributed by atoms with Crippen molar-refractivity contribution in [3.63, 3.8) is 0 Å². The van der Waals surface area contributed by atoms with Crippen LogP contribution in [-0.4, -0.2) is 18.4 Å². The van der Waals surface area contributed by atoms with Gasteiger partial charge in [-0.1, -0.05) is 31.2 Å². The zero-order valence-corrected chi connectivity index (χ0v) is 15.4. The number of nitrogens with zero attached hydrogens (tertiary/aromatic N) is 1. The van der Waals surface area contributed by atoms with Crippen LogP contribution in [0.4, 0.5) is 10.5 Å². The van der Waals surface area contributed by atoms with Gasteiger partial charge in [-0.15, -0.1) is 0 Å². The van der Waals surface area contributed by atoms with Crippen molar-refractivity contribution in [1.82, 2.24) is 5.32 Å². The van der Waals surface area contributed by atoms with Crippen molar-refractivity contribution in [1.29, 1.82) is 0 Å². The van der Waals surface area contributed by atoms with Crippen LogP contribution < -0.4 is 19.7 Å². The van der Waals surface area contributed by atoms with Crippen LogP contribution in [0.15, 0.2) is 42.5 Å². The molecule has 2 aliphatic rings. The van der Waals surface area contributed by atoms with E-state index >= 15 is 0 Å². The van der Waals surface area contributed by atoms with Gasteiger partial charge in [-0.3, -0.25) is 4.90 Å². The summed E-state index contributed by atoms with van der Waals surface area (Å²) in [6.45, 7) is 6.60. The van der Waals surface area contributed by atoms with E-state index in [4.69, 9.17) is 9.47 Å². The molecule has 0 aliphatic carbocycles. The van der Waals surface area contributed by atoms with Crippen LogP contribution in [0.1, 0.15) is 44.4 Å². The summed E-state index contributed by atoms with van der Waals surface area (Å²) in [6, 6.07) is 13.7. The lowest BCUT2D eigenvalue weighted by Crippen LogP contribution is -2.65. The maximum Gasteiger partial charge on any atom is 0.325 e. The molecule has 0 radical (unpaired) electrons. The van der Waals surface area contributed by atoms with Gasteiger partial charge in [0.05, 0.1) is 12.6 Å². The zero-order valence-electron chi connectivity index (χ0n) is 15.4. The van der Waals surface area contributed by atoms with Gasteiger partial charge in [0.15, 0.2) is 17.2 Å². The van der Waals surface area contributed by atoms with E-state index in [0.29, 0.717) is 13.0 Å². The first-order valence-electron chi connectivity index (χ1n) is 9.20. The Kier molecular flexibility index (Phi) is 4.02. The Labute approximate surface area is 153 Å². The van der Waals surface area contributed by atoms with E-state index in [9.17, 15) is 4.79 Å². The van der Waals surface area contributed by atoms with Gasteiger partial charge >= 0.3 is 6.03 Å². The largest absolute Gasteiger partial charge is 0.490 e. The third-order valence-corrected chi connectivity index (χ3v) is 5.17. The van der Waals surface area contributed by atoms with Crippen LogP contribution in [0.3, 0.4) is 0 Å². The van der Waals surface area contributed by atoms with Gasteiger partial charge in [-0.05, 0) is 44.0 Å². The maximum absolute atomic E-state index is 12.9. The average molecular weight is 352 g/mol. The summed E-state index contributed by atoms with van der Waals surface area (Å²) in [5.41, 5.74) is 2.28. The highest BCUT2D eigenvalue weighted by atomic mass is 16.5. The van der Waals surface area contributed by atoms with E-state index in [-0.39, 0.29) is 12.1 Å². The first kappa shape index (κ1) is 16.8. The van der Waals surface area contributed by atoms with Crippen LogP contribution in [0.5, 0.6) is 11.5 Å². The van der Waals surface area contributed by atoms with Gasteiger partial charge in [0, 0.05) is 17.7 Å². The fourth-order valence-electron chi connectivity index (χ4n) is 3.90. The number of benzene rings is 2. The lowest BCUT2D eigenvalue weighted by Gasteiger charge is -2.50. The lowest BCUT2D eigenvalue weighted by molar-refractivity contribution is 0.0343. The van der Waals surface area contributed by atoms with E-state index in [2.05, 4.69) is 24.4 Å². The van der Waals surface area contributed by atoms with Crippen LogP contribution in [0.25, 0.3) is 0 Å². The van der Waals surface area contributed by atoms with E-state index in [1.807, 2.05) is 44.2 Å². The van der Waals surface area contributed by atoms with Crippen molar-refractivity contribution in [2.75, 3.05) is 11.5 Å². The summed E-state index contributed by atoms with van der Waals surface area (Å²) in [7, 11) is 0. The van der Waals surface area contributed by atoms with Crippen molar-refractivity contribution in [3.05, 3.63) is 53.6 Å². The Morgan fingerprint density at radius 1 is 1.23 bits per heavy atom. The highest BCUT2D eigenvalue weighted by Crippen LogP contribution is 2.49. The Morgan fingerprint density at radius 3 is 2.69 bits per heavy atom. The Balaban J connectivity index is 1.76. The number of nitrogens with one attached hydrogen (secondary N) is 1. The van der Waals surface area contributed by atoms with E-state index in [1.54, 1.807) is 4.90 Å². The van der Waals surface area contributed by atoms with Gasteiger partial charge in [0.1, 0.15) is 0 Å². The van der Waals surface area contributed by atoms with Gasteiger partial charge < -0.3 is 14.8 Å². The number of carbonyl (C=O) groups excluding carboxylic acids is 1. The number of hydrogen-bond donors (Lipinski definition) is 1. The number of ether oxygens (including phenoxy) is 2. The number of aryl methyl sites for hydroxylation is 1. The molecule has 0 aromatic heterocycles. The second-order valence-corrected chi connectivity index (χ2v) is 6.95. The number of carbonyl (C=O) groups is 1. The summed E-state index contributed by atoms with van der Waals surface area (Å²) in [5, 5.41) is 3.13. The Hall–Kier alpha value is -2.69. The first-order valence-corrected chi connectivity index (χ1v) is 9.20. The molecule has 0 saturated carbocycles. The molecule has 2 bridgehead atoms. The van der Waals surface area contributed by atoms with Crippen molar-refractivity contribution in [2.24, 2.45) is 0 Å². The quantitative estimate of drug-likeness (QED) is 0.886. The molecular weight excluding hydrogens is 328 g/mol. The number of anilines is 1. The molecular formula is C21H24N2O3. The topological polar surface area (TPSA) is 50.8 Å². The second kappa shape index (κ2) is 6.24. The number of para-hydroxylation sites is 1. The molecule has 26 heavy (non-hydrogen) atoms. The molecule has 1 fully saturated rings. The number of urea groups is 1. The number of rotatable bonds is 4. The third kappa shape index (κ3) is 2.59. The van der Waals surface area contributed by atoms with Crippen molar-refractivity contribution < 1.29 is 14.3 Å². The SMILES string of the molecule is CCOc1cccc2c1O[C@]1(C)C[C@H]2NC(=O)N1c1ccc(CC)cc1. The van der Waals surface area contributed by atoms with Gasteiger partial charge in [0.2, 0.25) is 0 Å². The minimum Gasteiger partial charge on any atom is -0.490 e. The maximum atomic E-state index is 12.9. The van der Waals surface area contributed by atoms with Crippen molar-refractivity contribution >= 4 is 11.7 Å². The standard InChI is InChI=1S/C21H24N2O3/c1-4-14-9-11-15(12-10-14)23-20(24)22-17-13-21(23,3)26-19-16(17)7-6-8-18(19)25-5-2/h6-12,17H,4-5,13H2,1-3H3,(H,22,24)/t17-,21-/m1/s1. The summed E-state index contributed by atoms with van der Waals surface area (Å²) >= 11 is 0. The highest BCUT2D eigenvalue weighted by Gasteiger charge is 2.50. The molecule has 4 rings (SSSR count). The van der Waals surface area contributed by atoms with Crippen molar-refractivity contribution in [2.45, 2.75) is 45.4 Å². The predicted octanol–water partition coefficient (Wildman–Crippen LogP) is 4.42. The first-order chi connectivity index (χ1) is 12.6. The summed E-state index contributed by atoms with van der Waals surface area (Å²) < 4.78 is 12.2. The normalized spacial score (nSPS) is 23.7. The molecule has 2 aliphatic heterocycles. The summed E-state index contributed by atoms with van der Waals surface area (Å²) in [5.74, 6) is 1.45. The second-order valence-electron chi connectivity index (χ2n) is 6.95. The lowest BCUT2D eigenvalue weighted by atomic mass is 9.90. The number of hydrogen-bond acceptors (Lipinski definition) is 3. The van der Waals surface area contributed by atoms with Crippen LogP contribution in [-0.2, 0) is 6.42 Å². The number of fused-ring (bicyclic) bond motifs is 4. The van der Waals surface area contributed by atoms with Gasteiger partial charge in [-0.2, -0.15) is 0 Å². The molecule has 1 N–H and O–H groups in total. The fraction of sp³-hybridized carbons (Fsp3) is 0.381. The zero-order chi connectivity index (χ0) is 18.3. The molecule has 2 atom stereocenters. The molecule has 2 heterocycles. The molecule has 1 saturated heterocycles. The van der Waals surface area contributed by atoms with Gasteiger partial charge in [0.25, 0.3) is 0 Å². The van der Waals surface area contributed by atoms with E-state index in [0.717, 1.165) is 29.2 Å². The molecule has 0 spiro atoms. The predicted molar refractivity (Wildman–Crippen MR) is 101 cm³/mol. The molecule has 2 aromatic carbocycles. The molecule has 5 heteroatoms.